The van der Waals surface area contributed by atoms with Crippen molar-refractivity contribution in [3.63, 3.8) is 0 Å². The standard InChI is InChI=1S/C7H10ClN3/c8-5-1-2-7(11-4-5)6(10)3-9/h1-2,4,6H,3,9-10H2/t6-/m1/s1. The monoisotopic (exact) mass is 171 g/mol. The van der Waals surface area contributed by atoms with E-state index in [1.165, 1.54) is 0 Å². The molecule has 0 unspecified atom stereocenters. The van der Waals surface area contributed by atoms with Crippen LogP contribution in [0.4, 0.5) is 0 Å². The second kappa shape index (κ2) is 3.67. The van der Waals surface area contributed by atoms with E-state index in [0.29, 0.717) is 11.6 Å². The summed E-state index contributed by atoms with van der Waals surface area (Å²) in [4.78, 5) is 4.01. The second-order valence-electron chi connectivity index (χ2n) is 2.24. The van der Waals surface area contributed by atoms with Gasteiger partial charge < -0.3 is 11.5 Å². The summed E-state index contributed by atoms with van der Waals surface area (Å²) < 4.78 is 0. The molecule has 4 heteroatoms. The second-order valence-corrected chi connectivity index (χ2v) is 2.68. The smallest absolute Gasteiger partial charge is 0.0594 e. The van der Waals surface area contributed by atoms with Crippen LogP contribution in [-0.4, -0.2) is 11.5 Å². The van der Waals surface area contributed by atoms with Crippen molar-refractivity contribution < 1.29 is 0 Å². The Hall–Kier alpha value is -0.640. The number of rotatable bonds is 2. The fourth-order valence-corrected chi connectivity index (χ4v) is 0.839. The Morgan fingerprint density at radius 1 is 1.55 bits per heavy atom. The molecular formula is C7H10ClN3. The number of nitrogens with zero attached hydrogens (tertiary/aromatic N) is 1. The van der Waals surface area contributed by atoms with Gasteiger partial charge in [-0.2, -0.15) is 0 Å². The maximum atomic E-state index is 5.62. The minimum Gasteiger partial charge on any atom is -0.329 e. The Bertz CT molecular complexity index is 222. The fourth-order valence-electron chi connectivity index (χ4n) is 0.727. The normalized spacial score (nSPS) is 13.0. The molecule has 0 aliphatic carbocycles. The summed E-state index contributed by atoms with van der Waals surface area (Å²) in [5, 5.41) is 0.609. The van der Waals surface area contributed by atoms with Gasteiger partial charge in [0.15, 0.2) is 0 Å². The van der Waals surface area contributed by atoms with E-state index in [2.05, 4.69) is 4.98 Å². The maximum absolute atomic E-state index is 5.62. The summed E-state index contributed by atoms with van der Waals surface area (Å²) in [6, 6.07) is 3.34. The van der Waals surface area contributed by atoms with Gasteiger partial charge in [0.2, 0.25) is 0 Å². The summed E-state index contributed by atoms with van der Waals surface area (Å²) in [7, 11) is 0. The van der Waals surface area contributed by atoms with Crippen LogP contribution in [0.5, 0.6) is 0 Å². The maximum Gasteiger partial charge on any atom is 0.0594 e. The van der Waals surface area contributed by atoms with Crippen molar-refractivity contribution in [3.05, 3.63) is 29.0 Å². The Labute approximate surface area is 70.4 Å². The van der Waals surface area contributed by atoms with Gasteiger partial charge in [-0.15, -0.1) is 0 Å². The zero-order valence-corrected chi connectivity index (χ0v) is 6.75. The van der Waals surface area contributed by atoms with Gasteiger partial charge in [-0.3, -0.25) is 4.98 Å². The van der Waals surface area contributed by atoms with Crippen LogP contribution in [0.1, 0.15) is 11.7 Å². The molecule has 1 aromatic rings. The Balaban J connectivity index is 2.81. The average Bonchev–Trinajstić information content (AvgIpc) is 2.05. The third-order valence-corrected chi connectivity index (χ3v) is 1.61. The summed E-state index contributed by atoms with van der Waals surface area (Å²) in [5.74, 6) is 0. The number of aromatic nitrogens is 1. The lowest BCUT2D eigenvalue weighted by Gasteiger charge is -2.06. The molecule has 1 heterocycles. The minimum absolute atomic E-state index is 0.188. The lowest BCUT2D eigenvalue weighted by atomic mass is 10.2. The third kappa shape index (κ3) is 2.15. The fraction of sp³-hybridized carbons (Fsp3) is 0.286. The van der Waals surface area contributed by atoms with Crippen LogP contribution in [0.2, 0.25) is 5.02 Å². The van der Waals surface area contributed by atoms with Gasteiger partial charge in [0.1, 0.15) is 0 Å². The zero-order chi connectivity index (χ0) is 8.27. The Morgan fingerprint density at radius 3 is 2.73 bits per heavy atom. The molecule has 0 aliphatic heterocycles. The van der Waals surface area contributed by atoms with E-state index < -0.39 is 0 Å². The van der Waals surface area contributed by atoms with Crippen molar-refractivity contribution in [1.82, 2.24) is 4.98 Å². The third-order valence-electron chi connectivity index (χ3n) is 1.38. The molecule has 0 spiro atoms. The van der Waals surface area contributed by atoms with Crippen molar-refractivity contribution in [2.75, 3.05) is 6.54 Å². The van der Waals surface area contributed by atoms with E-state index in [0.717, 1.165) is 5.69 Å². The average molecular weight is 172 g/mol. The van der Waals surface area contributed by atoms with Gasteiger partial charge in [-0.25, -0.2) is 0 Å². The van der Waals surface area contributed by atoms with Gasteiger partial charge in [0, 0.05) is 12.7 Å². The number of hydrogen-bond donors (Lipinski definition) is 2. The molecular weight excluding hydrogens is 162 g/mol. The molecule has 0 saturated heterocycles. The van der Waals surface area contributed by atoms with Gasteiger partial charge in [-0.1, -0.05) is 11.6 Å². The molecule has 0 amide bonds. The summed E-state index contributed by atoms with van der Waals surface area (Å²) in [6.07, 6.45) is 1.56. The number of hydrogen-bond acceptors (Lipinski definition) is 3. The quantitative estimate of drug-likeness (QED) is 0.689. The highest BCUT2D eigenvalue weighted by atomic mass is 35.5. The van der Waals surface area contributed by atoms with E-state index in [4.69, 9.17) is 23.1 Å². The van der Waals surface area contributed by atoms with Crippen molar-refractivity contribution in [1.29, 1.82) is 0 Å². The first-order chi connectivity index (χ1) is 5.24. The predicted molar refractivity (Wildman–Crippen MR) is 45.2 cm³/mol. The highest BCUT2D eigenvalue weighted by molar-refractivity contribution is 6.30. The SMILES string of the molecule is NC[C@@H](N)c1ccc(Cl)cn1. The minimum atomic E-state index is -0.188. The largest absolute Gasteiger partial charge is 0.329 e. The van der Waals surface area contributed by atoms with Crippen LogP contribution in [0.3, 0.4) is 0 Å². The Kier molecular flexibility index (Phi) is 2.82. The van der Waals surface area contributed by atoms with Crippen molar-refractivity contribution in [2.24, 2.45) is 11.5 Å². The molecule has 0 saturated carbocycles. The lowest BCUT2D eigenvalue weighted by molar-refractivity contribution is 0.711. The van der Waals surface area contributed by atoms with Crippen LogP contribution in [-0.2, 0) is 0 Å². The van der Waals surface area contributed by atoms with Gasteiger partial charge in [-0.05, 0) is 12.1 Å². The molecule has 0 radical (unpaired) electrons. The van der Waals surface area contributed by atoms with Gasteiger partial charge >= 0.3 is 0 Å². The lowest BCUT2D eigenvalue weighted by Crippen LogP contribution is -2.21. The van der Waals surface area contributed by atoms with Gasteiger partial charge in [0.25, 0.3) is 0 Å². The van der Waals surface area contributed by atoms with Crippen LogP contribution < -0.4 is 11.5 Å². The predicted octanol–water partition coefficient (Wildman–Crippen LogP) is 0.694. The van der Waals surface area contributed by atoms with E-state index in [1.807, 2.05) is 0 Å². The molecule has 11 heavy (non-hydrogen) atoms. The van der Waals surface area contributed by atoms with Gasteiger partial charge in [0.05, 0.1) is 16.8 Å². The molecule has 1 rings (SSSR count). The topological polar surface area (TPSA) is 64.9 Å². The number of nitrogens with two attached hydrogens (primary N) is 2. The molecule has 0 bridgehead atoms. The van der Waals surface area contributed by atoms with Crippen molar-refractivity contribution in [2.45, 2.75) is 6.04 Å². The highest BCUT2D eigenvalue weighted by Crippen LogP contribution is 2.09. The van der Waals surface area contributed by atoms with Crippen molar-refractivity contribution >= 4 is 11.6 Å². The van der Waals surface area contributed by atoms with E-state index in [-0.39, 0.29) is 6.04 Å². The van der Waals surface area contributed by atoms with E-state index in [9.17, 15) is 0 Å². The molecule has 60 valence electrons. The molecule has 0 fully saturated rings. The number of halogens is 1. The molecule has 3 nitrogen and oxygen atoms in total. The summed E-state index contributed by atoms with van der Waals surface area (Å²) >= 11 is 5.62. The first kappa shape index (κ1) is 8.46. The summed E-state index contributed by atoms with van der Waals surface area (Å²) in [6.45, 7) is 0.397. The molecule has 1 atom stereocenters. The van der Waals surface area contributed by atoms with E-state index >= 15 is 0 Å². The summed E-state index contributed by atoms with van der Waals surface area (Å²) in [5.41, 5.74) is 11.7. The molecule has 1 aromatic heterocycles. The number of pyridine rings is 1. The first-order valence-electron chi connectivity index (χ1n) is 3.31. The van der Waals surface area contributed by atoms with Crippen molar-refractivity contribution in [3.8, 4) is 0 Å². The zero-order valence-electron chi connectivity index (χ0n) is 6.00. The highest BCUT2D eigenvalue weighted by Gasteiger charge is 2.03. The molecule has 0 aromatic carbocycles. The van der Waals surface area contributed by atoms with Crippen LogP contribution in [0.25, 0.3) is 0 Å². The van der Waals surface area contributed by atoms with Crippen LogP contribution in [0.15, 0.2) is 18.3 Å². The molecule has 0 aliphatic rings. The van der Waals surface area contributed by atoms with Crippen LogP contribution >= 0.6 is 11.6 Å². The molecule has 4 N–H and O–H groups in total. The van der Waals surface area contributed by atoms with Crippen LogP contribution in [0, 0.1) is 0 Å². The Morgan fingerprint density at radius 2 is 2.27 bits per heavy atom. The van der Waals surface area contributed by atoms with E-state index in [1.54, 1.807) is 18.3 Å². The first-order valence-corrected chi connectivity index (χ1v) is 3.69.